The number of rotatable bonds is 6. The molecule has 28 heavy (non-hydrogen) atoms. The molecule has 0 saturated carbocycles. The minimum atomic E-state index is -0.0579. The molecule has 6 heteroatoms. The summed E-state index contributed by atoms with van der Waals surface area (Å²) in [5.74, 6) is 0.681. The van der Waals surface area contributed by atoms with E-state index in [4.69, 9.17) is 4.42 Å². The van der Waals surface area contributed by atoms with Crippen LogP contribution in [0.5, 0.6) is 0 Å². The van der Waals surface area contributed by atoms with Crippen molar-refractivity contribution in [3.8, 4) is 10.6 Å². The molecule has 3 heterocycles. The highest BCUT2D eigenvalue weighted by molar-refractivity contribution is 7.17. The first kappa shape index (κ1) is 18.1. The first-order valence-electron chi connectivity index (χ1n) is 8.94. The van der Waals surface area contributed by atoms with Crippen LogP contribution >= 0.6 is 11.3 Å². The summed E-state index contributed by atoms with van der Waals surface area (Å²) in [6, 6.07) is 17.4. The maximum absolute atomic E-state index is 13.4. The number of furan rings is 1. The maximum Gasteiger partial charge on any atom is 0.266 e. The Bertz CT molecular complexity index is 1040. The monoisotopic (exact) mass is 389 g/mol. The van der Waals surface area contributed by atoms with E-state index in [0.29, 0.717) is 18.0 Å². The van der Waals surface area contributed by atoms with Crippen LogP contribution in [0.25, 0.3) is 10.6 Å². The Labute approximate surface area is 167 Å². The van der Waals surface area contributed by atoms with Gasteiger partial charge in [-0.05, 0) is 30.7 Å². The van der Waals surface area contributed by atoms with Gasteiger partial charge in [0.15, 0.2) is 0 Å². The molecule has 0 spiro atoms. The van der Waals surface area contributed by atoms with E-state index in [1.54, 1.807) is 23.6 Å². The lowest BCUT2D eigenvalue weighted by atomic mass is 10.2. The highest BCUT2D eigenvalue weighted by atomic mass is 32.1. The van der Waals surface area contributed by atoms with Crippen molar-refractivity contribution in [1.29, 1.82) is 0 Å². The Morgan fingerprint density at radius 3 is 2.64 bits per heavy atom. The number of hydrogen-bond donors (Lipinski definition) is 0. The fourth-order valence-electron chi connectivity index (χ4n) is 2.94. The van der Waals surface area contributed by atoms with Gasteiger partial charge in [0.25, 0.3) is 5.91 Å². The van der Waals surface area contributed by atoms with Crippen LogP contribution in [0.15, 0.2) is 77.7 Å². The number of carbonyl (C=O) groups excluding carboxylic acids is 1. The highest BCUT2D eigenvalue weighted by Gasteiger charge is 2.23. The standard InChI is InChI=1S/C22H19N3O2S/c1-16-20(28-21(24-16)18-8-3-2-4-9-18)22(26)25(15-19-10-6-12-27-19)14-17-7-5-11-23-13-17/h2-13H,14-15H2,1H3. The van der Waals surface area contributed by atoms with E-state index in [1.165, 1.54) is 11.3 Å². The molecule has 1 aromatic carbocycles. The predicted octanol–water partition coefficient (Wildman–Crippen LogP) is 4.95. The number of nitrogens with zero attached hydrogens (tertiary/aromatic N) is 3. The van der Waals surface area contributed by atoms with Crippen LogP contribution in [0.3, 0.4) is 0 Å². The van der Waals surface area contributed by atoms with Gasteiger partial charge >= 0.3 is 0 Å². The zero-order chi connectivity index (χ0) is 19.3. The number of aromatic nitrogens is 2. The molecule has 0 radical (unpaired) electrons. The van der Waals surface area contributed by atoms with E-state index >= 15 is 0 Å². The van der Waals surface area contributed by atoms with Gasteiger partial charge in [-0.3, -0.25) is 9.78 Å². The van der Waals surface area contributed by atoms with Gasteiger partial charge in [-0.25, -0.2) is 4.98 Å². The molecular formula is C22H19N3O2S. The molecule has 4 rings (SSSR count). The fraction of sp³-hybridized carbons (Fsp3) is 0.136. The SMILES string of the molecule is Cc1nc(-c2ccccc2)sc1C(=O)N(Cc1cccnc1)Cc1ccco1. The summed E-state index contributed by atoms with van der Waals surface area (Å²) >= 11 is 1.42. The maximum atomic E-state index is 13.4. The minimum absolute atomic E-state index is 0.0579. The molecule has 0 aliphatic heterocycles. The molecule has 0 aliphatic rings. The third-order valence-corrected chi connectivity index (χ3v) is 5.52. The van der Waals surface area contributed by atoms with Crippen molar-refractivity contribution in [2.24, 2.45) is 0 Å². The Kier molecular flexibility index (Phi) is 5.30. The van der Waals surface area contributed by atoms with Crippen LogP contribution in [0.4, 0.5) is 0 Å². The summed E-state index contributed by atoms with van der Waals surface area (Å²) in [7, 11) is 0. The first-order chi connectivity index (χ1) is 13.7. The van der Waals surface area contributed by atoms with Gasteiger partial charge < -0.3 is 9.32 Å². The van der Waals surface area contributed by atoms with Crippen molar-refractivity contribution >= 4 is 17.2 Å². The van der Waals surface area contributed by atoms with Gasteiger partial charge in [0.2, 0.25) is 0 Å². The average Bonchev–Trinajstić information content (AvgIpc) is 3.38. The lowest BCUT2D eigenvalue weighted by Crippen LogP contribution is -2.30. The van der Waals surface area contributed by atoms with E-state index in [2.05, 4.69) is 9.97 Å². The van der Waals surface area contributed by atoms with E-state index in [0.717, 1.165) is 27.6 Å². The summed E-state index contributed by atoms with van der Waals surface area (Å²) in [4.78, 5) is 24.6. The van der Waals surface area contributed by atoms with Gasteiger partial charge in [-0.1, -0.05) is 36.4 Å². The van der Waals surface area contributed by atoms with E-state index < -0.39 is 0 Å². The topological polar surface area (TPSA) is 59.2 Å². The molecule has 0 saturated heterocycles. The van der Waals surface area contributed by atoms with Gasteiger partial charge in [-0.2, -0.15) is 0 Å². The molecule has 0 fully saturated rings. The van der Waals surface area contributed by atoms with Crippen molar-refractivity contribution in [3.63, 3.8) is 0 Å². The second-order valence-corrected chi connectivity index (χ2v) is 7.40. The predicted molar refractivity (Wildman–Crippen MR) is 109 cm³/mol. The van der Waals surface area contributed by atoms with Crippen LogP contribution < -0.4 is 0 Å². The second kappa shape index (κ2) is 8.19. The summed E-state index contributed by atoms with van der Waals surface area (Å²) in [5, 5.41) is 0.848. The smallest absolute Gasteiger partial charge is 0.266 e. The van der Waals surface area contributed by atoms with E-state index in [-0.39, 0.29) is 5.91 Å². The Morgan fingerprint density at radius 1 is 1.07 bits per heavy atom. The van der Waals surface area contributed by atoms with Gasteiger partial charge in [-0.15, -0.1) is 11.3 Å². The Morgan fingerprint density at radius 2 is 1.93 bits per heavy atom. The molecule has 1 amide bonds. The van der Waals surface area contributed by atoms with Crippen molar-refractivity contribution < 1.29 is 9.21 Å². The highest BCUT2D eigenvalue weighted by Crippen LogP contribution is 2.29. The molecule has 3 aromatic heterocycles. The second-order valence-electron chi connectivity index (χ2n) is 6.40. The number of amides is 1. The normalized spacial score (nSPS) is 10.8. The average molecular weight is 389 g/mol. The lowest BCUT2D eigenvalue weighted by Gasteiger charge is -2.21. The molecule has 0 atom stereocenters. The molecular weight excluding hydrogens is 370 g/mol. The molecule has 4 aromatic rings. The number of hydrogen-bond acceptors (Lipinski definition) is 5. The van der Waals surface area contributed by atoms with Crippen LogP contribution in [0.1, 0.15) is 26.7 Å². The number of aryl methyl sites for hydroxylation is 1. The molecule has 0 N–H and O–H groups in total. The fourth-order valence-corrected chi connectivity index (χ4v) is 3.98. The van der Waals surface area contributed by atoms with Gasteiger partial charge in [0, 0.05) is 24.5 Å². The summed E-state index contributed by atoms with van der Waals surface area (Å²) < 4.78 is 5.47. The van der Waals surface area contributed by atoms with Gasteiger partial charge in [0.05, 0.1) is 18.5 Å². The molecule has 0 unspecified atom stereocenters. The molecule has 0 bridgehead atoms. The third-order valence-electron chi connectivity index (χ3n) is 4.32. The quantitative estimate of drug-likeness (QED) is 0.468. The van der Waals surface area contributed by atoms with Crippen LogP contribution in [0, 0.1) is 6.92 Å². The molecule has 0 aliphatic carbocycles. The van der Waals surface area contributed by atoms with Crippen molar-refractivity contribution in [3.05, 3.63) is 95.1 Å². The van der Waals surface area contributed by atoms with Crippen molar-refractivity contribution in [1.82, 2.24) is 14.9 Å². The van der Waals surface area contributed by atoms with E-state index in [9.17, 15) is 4.79 Å². The van der Waals surface area contributed by atoms with Crippen molar-refractivity contribution in [2.45, 2.75) is 20.0 Å². The zero-order valence-corrected chi connectivity index (χ0v) is 16.2. The third kappa shape index (κ3) is 4.02. The van der Waals surface area contributed by atoms with Gasteiger partial charge in [0.1, 0.15) is 15.6 Å². The first-order valence-corrected chi connectivity index (χ1v) is 9.76. The van der Waals surface area contributed by atoms with Crippen molar-refractivity contribution in [2.75, 3.05) is 0 Å². The van der Waals surface area contributed by atoms with Crippen LogP contribution in [0.2, 0.25) is 0 Å². The van der Waals surface area contributed by atoms with Crippen LogP contribution in [-0.4, -0.2) is 20.8 Å². The number of pyridine rings is 1. The molecule has 5 nitrogen and oxygen atoms in total. The Hall–Kier alpha value is -3.25. The zero-order valence-electron chi connectivity index (χ0n) is 15.4. The number of benzene rings is 1. The largest absolute Gasteiger partial charge is 0.467 e. The Balaban J connectivity index is 1.64. The summed E-state index contributed by atoms with van der Waals surface area (Å²) in [5.41, 5.74) is 2.72. The number of thiazole rings is 1. The summed E-state index contributed by atoms with van der Waals surface area (Å²) in [6.07, 6.45) is 5.12. The van der Waals surface area contributed by atoms with Crippen LogP contribution in [-0.2, 0) is 13.1 Å². The van der Waals surface area contributed by atoms with E-state index in [1.807, 2.05) is 61.5 Å². The number of carbonyl (C=O) groups is 1. The summed E-state index contributed by atoms with van der Waals surface area (Å²) in [6.45, 7) is 2.72. The molecule has 140 valence electrons. The minimum Gasteiger partial charge on any atom is -0.467 e. The lowest BCUT2D eigenvalue weighted by molar-refractivity contribution is 0.0721.